The van der Waals surface area contributed by atoms with Gasteiger partial charge in [0.2, 0.25) is 11.8 Å². The van der Waals surface area contributed by atoms with Crippen LogP contribution in [0.5, 0.6) is 11.6 Å². The van der Waals surface area contributed by atoms with Crippen LogP contribution in [0.4, 0.5) is 17.3 Å². The van der Waals surface area contributed by atoms with Gasteiger partial charge in [0.05, 0.1) is 11.6 Å². The van der Waals surface area contributed by atoms with Gasteiger partial charge in [-0.25, -0.2) is 4.98 Å². The standard InChI is InChI=1S/C27H21N5O/c1-18-14-22(7-6-20-4-3-5-23(29)16-20)15-19(2)26(18)33-25-12-13-30-27(32-25)31-24-10-8-21(17-28)9-11-24/h3-5,8-16H,29H2,1-2H3,(H,30,31,32). The van der Waals surface area contributed by atoms with Gasteiger partial charge < -0.3 is 15.8 Å². The average molecular weight is 431 g/mol. The number of nitrogen functional groups attached to an aromatic ring is 1. The molecule has 0 bridgehead atoms. The number of aryl methyl sites for hydroxylation is 2. The Morgan fingerprint density at radius 2 is 1.61 bits per heavy atom. The predicted octanol–water partition coefficient (Wildman–Crippen LogP) is 5.48. The second kappa shape index (κ2) is 9.55. The lowest BCUT2D eigenvalue weighted by molar-refractivity contribution is 0.455. The van der Waals surface area contributed by atoms with Crippen molar-refractivity contribution in [2.75, 3.05) is 11.1 Å². The molecule has 3 N–H and O–H groups in total. The summed E-state index contributed by atoms with van der Waals surface area (Å²) >= 11 is 0. The van der Waals surface area contributed by atoms with E-state index in [2.05, 4.69) is 33.2 Å². The second-order valence-electron chi connectivity index (χ2n) is 7.45. The summed E-state index contributed by atoms with van der Waals surface area (Å²) in [5.74, 6) is 7.89. The number of rotatable bonds is 4. The molecule has 0 saturated heterocycles. The molecule has 160 valence electrons. The lowest BCUT2D eigenvalue weighted by atomic mass is 10.1. The van der Waals surface area contributed by atoms with E-state index in [-0.39, 0.29) is 0 Å². The van der Waals surface area contributed by atoms with Crippen LogP contribution in [0.3, 0.4) is 0 Å². The third kappa shape index (κ3) is 5.46. The molecule has 6 nitrogen and oxygen atoms in total. The summed E-state index contributed by atoms with van der Waals surface area (Å²) in [6.07, 6.45) is 1.63. The van der Waals surface area contributed by atoms with E-state index in [1.54, 1.807) is 36.5 Å². The second-order valence-corrected chi connectivity index (χ2v) is 7.45. The highest BCUT2D eigenvalue weighted by Gasteiger charge is 2.09. The number of anilines is 3. The quantitative estimate of drug-likeness (QED) is 0.328. The molecular formula is C27H21N5O. The third-order valence-electron chi connectivity index (χ3n) is 4.80. The minimum atomic E-state index is 0.400. The first kappa shape index (κ1) is 21.4. The topological polar surface area (TPSA) is 96.9 Å². The van der Waals surface area contributed by atoms with E-state index in [1.165, 1.54) is 0 Å². The van der Waals surface area contributed by atoms with Crippen molar-refractivity contribution in [1.82, 2.24) is 9.97 Å². The van der Waals surface area contributed by atoms with Crippen LogP contribution in [0.25, 0.3) is 0 Å². The maximum absolute atomic E-state index is 8.93. The number of benzene rings is 3. The van der Waals surface area contributed by atoms with Crippen LogP contribution in [0.2, 0.25) is 0 Å². The van der Waals surface area contributed by atoms with Crippen LogP contribution in [-0.2, 0) is 0 Å². The van der Waals surface area contributed by atoms with E-state index in [0.29, 0.717) is 23.1 Å². The summed E-state index contributed by atoms with van der Waals surface area (Å²) in [7, 11) is 0. The smallest absolute Gasteiger partial charge is 0.230 e. The molecule has 1 aromatic heterocycles. The molecule has 3 aromatic carbocycles. The van der Waals surface area contributed by atoms with Gasteiger partial charge in [-0.1, -0.05) is 17.9 Å². The number of nitrogens with two attached hydrogens (primary N) is 1. The molecule has 0 saturated carbocycles. The van der Waals surface area contributed by atoms with Gasteiger partial charge in [0.15, 0.2) is 0 Å². The van der Waals surface area contributed by atoms with E-state index in [9.17, 15) is 0 Å². The summed E-state index contributed by atoms with van der Waals surface area (Å²) in [5, 5.41) is 12.0. The Balaban J connectivity index is 1.52. The molecule has 0 amide bonds. The first-order valence-corrected chi connectivity index (χ1v) is 10.3. The number of nitriles is 1. The highest BCUT2D eigenvalue weighted by molar-refractivity contribution is 5.56. The van der Waals surface area contributed by atoms with Gasteiger partial charge in [0.1, 0.15) is 5.75 Å². The third-order valence-corrected chi connectivity index (χ3v) is 4.80. The zero-order valence-electron chi connectivity index (χ0n) is 18.3. The van der Waals surface area contributed by atoms with E-state index in [1.807, 2.05) is 50.2 Å². The maximum Gasteiger partial charge on any atom is 0.230 e. The van der Waals surface area contributed by atoms with E-state index in [0.717, 1.165) is 33.7 Å². The average Bonchev–Trinajstić information content (AvgIpc) is 2.81. The van der Waals surface area contributed by atoms with Gasteiger partial charge in [-0.05, 0) is 79.6 Å². The molecule has 0 aliphatic heterocycles. The number of aromatic nitrogens is 2. The largest absolute Gasteiger partial charge is 0.438 e. The van der Waals surface area contributed by atoms with Crippen molar-refractivity contribution in [3.63, 3.8) is 0 Å². The lowest BCUT2D eigenvalue weighted by Gasteiger charge is -2.12. The molecule has 0 radical (unpaired) electrons. The van der Waals surface area contributed by atoms with Gasteiger partial charge in [-0.2, -0.15) is 10.2 Å². The highest BCUT2D eigenvalue weighted by Crippen LogP contribution is 2.29. The number of nitrogens with zero attached hydrogens (tertiary/aromatic N) is 3. The Labute approximate surface area is 192 Å². The Morgan fingerprint density at radius 1 is 0.879 bits per heavy atom. The Bertz CT molecular complexity index is 1390. The molecule has 6 heteroatoms. The van der Waals surface area contributed by atoms with Gasteiger partial charge in [-0.3, -0.25) is 0 Å². The summed E-state index contributed by atoms with van der Waals surface area (Å²) in [5.41, 5.74) is 11.5. The molecule has 0 atom stereocenters. The minimum absolute atomic E-state index is 0.400. The van der Waals surface area contributed by atoms with Crippen molar-refractivity contribution < 1.29 is 4.74 Å². The SMILES string of the molecule is Cc1cc(C#Cc2cccc(N)c2)cc(C)c1Oc1ccnc(Nc2ccc(C#N)cc2)n1. The maximum atomic E-state index is 8.93. The number of ether oxygens (including phenoxy) is 1. The summed E-state index contributed by atoms with van der Waals surface area (Å²) in [6.45, 7) is 3.95. The lowest BCUT2D eigenvalue weighted by Crippen LogP contribution is -1.99. The van der Waals surface area contributed by atoms with Crippen LogP contribution in [-0.4, -0.2) is 9.97 Å². The first-order chi connectivity index (χ1) is 16.0. The van der Waals surface area contributed by atoms with Gasteiger partial charge >= 0.3 is 0 Å². The Kier molecular flexibility index (Phi) is 6.20. The fourth-order valence-electron chi connectivity index (χ4n) is 3.27. The van der Waals surface area contributed by atoms with Gasteiger partial charge in [0, 0.05) is 34.8 Å². The molecule has 0 aliphatic carbocycles. The van der Waals surface area contributed by atoms with Crippen molar-refractivity contribution in [2.45, 2.75) is 13.8 Å². The molecule has 33 heavy (non-hydrogen) atoms. The van der Waals surface area contributed by atoms with Crippen molar-refractivity contribution in [1.29, 1.82) is 5.26 Å². The summed E-state index contributed by atoms with van der Waals surface area (Å²) in [6, 6.07) is 22.3. The van der Waals surface area contributed by atoms with Crippen molar-refractivity contribution in [2.24, 2.45) is 0 Å². The van der Waals surface area contributed by atoms with Crippen LogP contribution in [0, 0.1) is 37.0 Å². The van der Waals surface area contributed by atoms with Crippen molar-refractivity contribution in [3.05, 3.63) is 101 Å². The normalized spacial score (nSPS) is 9.97. The van der Waals surface area contributed by atoms with Crippen molar-refractivity contribution in [3.8, 4) is 29.5 Å². The van der Waals surface area contributed by atoms with Crippen molar-refractivity contribution >= 4 is 17.3 Å². The minimum Gasteiger partial charge on any atom is -0.438 e. The fraction of sp³-hybridized carbons (Fsp3) is 0.0741. The monoisotopic (exact) mass is 431 g/mol. The molecule has 0 unspecified atom stereocenters. The van der Waals surface area contributed by atoms with E-state index < -0.39 is 0 Å². The number of hydrogen-bond acceptors (Lipinski definition) is 6. The van der Waals surface area contributed by atoms with Gasteiger partial charge in [-0.15, -0.1) is 0 Å². The van der Waals surface area contributed by atoms with Crippen LogP contribution >= 0.6 is 0 Å². The van der Waals surface area contributed by atoms with Crippen LogP contribution in [0.1, 0.15) is 27.8 Å². The van der Waals surface area contributed by atoms with Gasteiger partial charge in [0.25, 0.3) is 0 Å². The molecule has 4 rings (SSSR count). The van der Waals surface area contributed by atoms with E-state index >= 15 is 0 Å². The van der Waals surface area contributed by atoms with Crippen LogP contribution in [0.15, 0.2) is 72.9 Å². The summed E-state index contributed by atoms with van der Waals surface area (Å²) in [4.78, 5) is 8.69. The van der Waals surface area contributed by atoms with E-state index in [4.69, 9.17) is 15.7 Å². The zero-order valence-corrected chi connectivity index (χ0v) is 18.3. The fourth-order valence-corrected chi connectivity index (χ4v) is 3.27. The molecular weight excluding hydrogens is 410 g/mol. The molecule has 0 spiro atoms. The molecule has 4 aromatic rings. The highest BCUT2D eigenvalue weighted by atomic mass is 16.5. The van der Waals surface area contributed by atoms with Crippen LogP contribution < -0.4 is 15.8 Å². The Morgan fingerprint density at radius 3 is 2.30 bits per heavy atom. The number of hydrogen-bond donors (Lipinski definition) is 2. The Hall–Kier alpha value is -4.81. The first-order valence-electron chi connectivity index (χ1n) is 10.3. The molecule has 1 heterocycles. The molecule has 0 aliphatic rings. The number of nitrogens with one attached hydrogen (secondary N) is 1. The summed E-state index contributed by atoms with van der Waals surface area (Å²) < 4.78 is 6.09. The molecule has 0 fully saturated rings. The predicted molar refractivity (Wildman–Crippen MR) is 129 cm³/mol. The zero-order chi connectivity index (χ0) is 23.2.